The third-order valence-corrected chi connectivity index (χ3v) is 4.71. The number of methoxy groups -OCH3 is 1. The average Bonchev–Trinajstić information content (AvgIpc) is 2.53. The van der Waals surface area contributed by atoms with Crippen molar-refractivity contribution in [1.82, 2.24) is 9.80 Å². The minimum Gasteiger partial charge on any atom is -0.469 e. The van der Waals surface area contributed by atoms with Crippen molar-refractivity contribution in [2.24, 2.45) is 5.92 Å². The Balaban J connectivity index is 1.75. The topological polar surface area (TPSA) is 59.1 Å². The lowest BCUT2D eigenvalue weighted by Crippen LogP contribution is -2.53. The smallest absolute Gasteiger partial charge is 0.410 e. The zero-order valence-electron chi connectivity index (χ0n) is 14.8. The van der Waals surface area contributed by atoms with Gasteiger partial charge in [0.05, 0.1) is 13.0 Å². The number of hydrogen-bond donors (Lipinski definition) is 0. The molecule has 1 saturated heterocycles. The van der Waals surface area contributed by atoms with Crippen molar-refractivity contribution >= 4 is 12.1 Å². The zero-order chi connectivity index (χ0) is 17.0. The highest BCUT2D eigenvalue weighted by Gasteiger charge is 2.33. The van der Waals surface area contributed by atoms with Gasteiger partial charge in [0.15, 0.2) is 0 Å². The molecule has 1 amide bonds. The Morgan fingerprint density at radius 2 is 1.52 bits per heavy atom. The molecule has 0 N–H and O–H groups in total. The van der Waals surface area contributed by atoms with Gasteiger partial charge in [0.2, 0.25) is 0 Å². The first-order valence-electron chi connectivity index (χ1n) is 8.60. The lowest BCUT2D eigenvalue weighted by atomic mass is 9.85. The molecule has 6 heteroatoms. The summed E-state index contributed by atoms with van der Waals surface area (Å²) in [4.78, 5) is 27.9. The van der Waals surface area contributed by atoms with Gasteiger partial charge in [0.1, 0.15) is 5.60 Å². The van der Waals surface area contributed by atoms with Crippen molar-refractivity contribution in [3.8, 4) is 0 Å². The third-order valence-electron chi connectivity index (χ3n) is 4.71. The van der Waals surface area contributed by atoms with Crippen molar-refractivity contribution < 1.29 is 19.1 Å². The molecule has 0 aromatic heterocycles. The maximum Gasteiger partial charge on any atom is 0.410 e. The fourth-order valence-electron chi connectivity index (χ4n) is 3.44. The van der Waals surface area contributed by atoms with Gasteiger partial charge in [-0.15, -0.1) is 0 Å². The highest BCUT2D eigenvalue weighted by atomic mass is 16.6. The molecule has 0 radical (unpaired) electrons. The van der Waals surface area contributed by atoms with E-state index in [-0.39, 0.29) is 18.0 Å². The Morgan fingerprint density at radius 1 is 0.957 bits per heavy atom. The van der Waals surface area contributed by atoms with Gasteiger partial charge in [-0.2, -0.15) is 0 Å². The zero-order valence-corrected chi connectivity index (χ0v) is 14.8. The van der Waals surface area contributed by atoms with Gasteiger partial charge >= 0.3 is 12.1 Å². The molecule has 0 aromatic rings. The molecule has 1 heterocycles. The molecule has 1 aliphatic heterocycles. The summed E-state index contributed by atoms with van der Waals surface area (Å²) in [5.41, 5.74) is -0.444. The van der Waals surface area contributed by atoms with Crippen molar-refractivity contribution in [3.05, 3.63) is 0 Å². The summed E-state index contributed by atoms with van der Waals surface area (Å²) >= 11 is 0. The fourth-order valence-corrected chi connectivity index (χ4v) is 3.44. The summed E-state index contributed by atoms with van der Waals surface area (Å²) in [6.07, 6.45) is 3.66. The van der Waals surface area contributed by atoms with Crippen LogP contribution in [0.5, 0.6) is 0 Å². The van der Waals surface area contributed by atoms with Crippen LogP contribution in [0.1, 0.15) is 46.5 Å². The van der Waals surface area contributed by atoms with E-state index in [4.69, 9.17) is 9.47 Å². The average molecular weight is 326 g/mol. The Hall–Kier alpha value is -1.30. The lowest BCUT2D eigenvalue weighted by molar-refractivity contribution is -0.147. The van der Waals surface area contributed by atoms with E-state index in [0.29, 0.717) is 19.1 Å². The van der Waals surface area contributed by atoms with E-state index in [0.717, 1.165) is 38.8 Å². The first-order valence-corrected chi connectivity index (χ1v) is 8.60. The Morgan fingerprint density at radius 3 is 2.00 bits per heavy atom. The molecule has 2 fully saturated rings. The fraction of sp³-hybridized carbons (Fsp3) is 0.882. The molecular weight excluding hydrogens is 296 g/mol. The number of ether oxygens (including phenoxy) is 2. The van der Waals surface area contributed by atoms with Crippen LogP contribution in [-0.2, 0) is 14.3 Å². The maximum atomic E-state index is 12.1. The molecule has 2 aliphatic rings. The summed E-state index contributed by atoms with van der Waals surface area (Å²) in [6.45, 7) is 8.86. The number of nitrogens with zero attached hydrogens (tertiary/aromatic N) is 2. The molecule has 23 heavy (non-hydrogen) atoms. The molecule has 1 saturated carbocycles. The SMILES string of the molecule is COC(=O)C1CCC(N2CCN(C(=O)OC(C)(C)C)CC2)CC1. The number of hydrogen-bond acceptors (Lipinski definition) is 5. The number of amides is 1. The molecule has 0 aromatic carbocycles. The van der Waals surface area contributed by atoms with Crippen LogP contribution in [0.2, 0.25) is 0 Å². The van der Waals surface area contributed by atoms with Crippen molar-refractivity contribution in [1.29, 1.82) is 0 Å². The normalized spacial score (nSPS) is 26.7. The molecule has 2 rings (SSSR count). The van der Waals surface area contributed by atoms with Gasteiger partial charge in [-0.1, -0.05) is 0 Å². The summed E-state index contributed by atoms with van der Waals surface area (Å²) in [6, 6.07) is 0.525. The summed E-state index contributed by atoms with van der Waals surface area (Å²) in [7, 11) is 1.46. The van der Waals surface area contributed by atoms with E-state index < -0.39 is 5.60 Å². The summed E-state index contributed by atoms with van der Waals surface area (Å²) in [5, 5.41) is 0. The van der Waals surface area contributed by atoms with E-state index in [1.165, 1.54) is 7.11 Å². The van der Waals surface area contributed by atoms with Gasteiger partial charge in [-0.05, 0) is 46.5 Å². The number of rotatable bonds is 2. The summed E-state index contributed by atoms with van der Waals surface area (Å²) < 4.78 is 10.3. The first-order chi connectivity index (χ1) is 10.8. The molecule has 0 bridgehead atoms. The van der Waals surface area contributed by atoms with Crippen molar-refractivity contribution in [3.63, 3.8) is 0 Å². The standard InChI is InChI=1S/C17H30N2O4/c1-17(2,3)23-16(21)19-11-9-18(10-12-19)14-7-5-13(6-8-14)15(20)22-4/h13-14H,5-12H2,1-4H3. The number of carbonyl (C=O) groups is 2. The minimum atomic E-state index is -0.444. The maximum absolute atomic E-state index is 12.1. The van der Waals surface area contributed by atoms with Crippen LogP contribution in [0.15, 0.2) is 0 Å². The molecule has 0 unspecified atom stereocenters. The van der Waals surface area contributed by atoms with E-state index in [1.807, 2.05) is 20.8 Å². The van der Waals surface area contributed by atoms with Crippen LogP contribution in [0.3, 0.4) is 0 Å². The molecule has 6 nitrogen and oxygen atoms in total. The van der Waals surface area contributed by atoms with E-state index in [2.05, 4.69) is 4.90 Å². The molecule has 0 atom stereocenters. The second-order valence-corrected chi connectivity index (χ2v) is 7.53. The Bertz CT molecular complexity index is 417. The predicted molar refractivity (Wildman–Crippen MR) is 87.1 cm³/mol. The van der Waals surface area contributed by atoms with Gasteiger partial charge < -0.3 is 14.4 Å². The van der Waals surface area contributed by atoms with Gasteiger partial charge in [0, 0.05) is 32.2 Å². The van der Waals surface area contributed by atoms with E-state index >= 15 is 0 Å². The lowest BCUT2D eigenvalue weighted by Gasteiger charge is -2.41. The monoisotopic (exact) mass is 326 g/mol. The van der Waals surface area contributed by atoms with E-state index in [1.54, 1.807) is 4.90 Å². The quantitative estimate of drug-likeness (QED) is 0.729. The van der Waals surface area contributed by atoms with E-state index in [9.17, 15) is 9.59 Å². The summed E-state index contributed by atoms with van der Waals surface area (Å²) in [5.74, 6) is -0.00232. The van der Waals surface area contributed by atoms with Gasteiger partial charge in [0.25, 0.3) is 0 Å². The first kappa shape index (κ1) is 18.0. The second-order valence-electron chi connectivity index (χ2n) is 7.53. The third kappa shape index (κ3) is 5.09. The molecular formula is C17H30N2O4. The Labute approximate surface area is 139 Å². The minimum absolute atomic E-state index is 0.0688. The molecule has 1 aliphatic carbocycles. The van der Waals surface area contributed by atoms with Crippen LogP contribution >= 0.6 is 0 Å². The second kappa shape index (κ2) is 7.51. The highest BCUT2D eigenvalue weighted by molar-refractivity contribution is 5.72. The predicted octanol–water partition coefficient (Wildman–Crippen LogP) is 2.27. The highest BCUT2D eigenvalue weighted by Crippen LogP contribution is 2.29. The van der Waals surface area contributed by atoms with Gasteiger partial charge in [-0.3, -0.25) is 9.69 Å². The van der Waals surface area contributed by atoms with Crippen LogP contribution < -0.4 is 0 Å². The van der Waals surface area contributed by atoms with Crippen molar-refractivity contribution in [2.75, 3.05) is 33.3 Å². The number of carbonyl (C=O) groups excluding carboxylic acids is 2. The van der Waals surface area contributed by atoms with Crippen LogP contribution in [0.4, 0.5) is 4.79 Å². The van der Waals surface area contributed by atoms with Gasteiger partial charge in [-0.25, -0.2) is 4.79 Å². The van der Waals surface area contributed by atoms with Crippen LogP contribution in [-0.4, -0.2) is 66.8 Å². The Kier molecular flexibility index (Phi) is 5.89. The molecule has 132 valence electrons. The molecule has 0 spiro atoms. The van der Waals surface area contributed by atoms with Crippen molar-refractivity contribution in [2.45, 2.75) is 58.1 Å². The van der Waals surface area contributed by atoms with Crippen LogP contribution in [0, 0.1) is 5.92 Å². The largest absolute Gasteiger partial charge is 0.469 e. The van der Waals surface area contributed by atoms with Crippen LogP contribution in [0.25, 0.3) is 0 Å². The number of esters is 1. The number of piperazine rings is 1.